The van der Waals surface area contributed by atoms with E-state index >= 15 is 0 Å². The SMILES string of the molecule is CCOc1ccccc1CCNC(=O)[C@@H]1CC[C@H](CN)O1.Cl. The van der Waals surface area contributed by atoms with E-state index in [0.29, 0.717) is 19.7 Å². The van der Waals surface area contributed by atoms with E-state index in [-0.39, 0.29) is 30.5 Å². The van der Waals surface area contributed by atoms with E-state index in [0.717, 1.165) is 30.6 Å². The minimum absolute atomic E-state index is 0. The Bertz CT molecular complexity index is 470. The maximum Gasteiger partial charge on any atom is 0.249 e. The molecule has 1 aromatic rings. The molecule has 0 bridgehead atoms. The van der Waals surface area contributed by atoms with Crippen LogP contribution in [0.1, 0.15) is 25.3 Å². The lowest BCUT2D eigenvalue weighted by atomic mass is 10.1. The Morgan fingerprint density at radius 3 is 2.86 bits per heavy atom. The van der Waals surface area contributed by atoms with Gasteiger partial charge in [0.15, 0.2) is 0 Å². The van der Waals surface area contributed by atoms with Gasteiger partial charge in [0, 0.05) is 13.1 Å². The number of carbonyl (C=O) groups excluding carboxylic acids is 1. The molecule has 2 rings (SSSR count). The normalized spacial score (nSPS) is 20.3. The van der Waals surface area contributed by atoms with E-state index in [2.05, 4.69) is 5.32 Å². The first kappa shape index (κ1) is 18.7. The van der Waals surface area contributed by atoms with Crippen molar-refractivity contribution in [3.05, 3.63) is 29.8 Å². The molecule has 0 aromatic heterocycles. The van der Waals surface area contributed by atoms with Crippen LogP contribution >= 0.6 is 12.4 Å². The Labute approximate surface area is 138 Å². The monoisotopic (exact) mass is 328 g/mol. The molecule has 0 radical (unpaired) electrons. The molecule has 1 saturated heterocycles. The predicted molar refractivity (Wildman–Crippen MR) is 88.5 cm³/mol. The molecule has 1 fully saturated rings. The summed E-state index contributed by atoms with van der Waals surface area (Å²) in [6, 6.07) is 7.90. The zero-order valence-corrected chi connectivity index (χ0v) is 13.7. The minimum Gasteiger partial charge on any atom is -0.494 e. The van der Waals surface area contributed by atoms with Gasteiger partial charge in [-0.1, -0.05) is 18.2 Å². The van der Waals surface area contributed by atoms with Gasteiger partial charge in [-0.25, -0.2) is 0 Å². The van der Waals surface area contributed by atoms with Crippen LogP contribution in [0.2, 0.25) is 0 Å². The van der Waals surface area contributed by atoms with E-state index < -0.39 is 0 Å². The third kappa shape index (κ3) is 5.16. The van der Waals surface area contributed by atoms with Crippen molar-refractivity contribution in [3.63, 3.8) is 0 Å². The molecule has 1 amide bonds. The number of hydrogen-bond acceptors (Lipinski definition) is 4. The van der Waals surface area contributed by atoms with Crippen LogP contribution < -0.4 is 15.8 Å². The van der Waals surface area contributed by atoms with Crippen LogP contribution in [-0.2, 0) is 16.0 Å². The van der Waals surface area contributed by atoms with Crippen molar-refractivity contribution in [2.75, 3.05) is 19.7 Å². The van der Waals surface area contributed by atoms with E-state index in [9.17, 15) is 4.79 Å². The van der Waals surface area contributed by atoms with Crippen molar-refractivity contribution in [1.82, 2.24) is 5.32 Å². The van der Waals surface area contributed by atoms with Gasteiger partial charge in [0.25, 0.3) is 0 Å². The number of amides is 1. The van der Waals surface area contributed by atoms with Gasteiger partial charge < -0.3 is 20.5 Å². The Morgan fingerprint density at radius 2 is 2.18 bits per heavy atom. The van der Waals surface area contributed by atoms with Gasteiger partial charge >= 0.3 is 0 Å². The predicted octanol–water partition coefficient (Wildman–Crippen LogP) is 1.67. The molecule has 124 valence electrons. The maximum atomic E-state index is 12.0. The van der Waals surface area contributed by atoms with Crippen LogP contribution in [0.15, 0.2) is 24.3 Å². The second-order valence-corrected chi connectivity index (χ2v) is 5.14. The maximum absolute atomic E-state index is 12.0. The second kappa shape index (κ2) is 9.66. The molecule has 0 saturated carbocycles. The number of nitrogens with one attached hydrogen (secondary N) is 1. The number of ether oxygens (including phenoxy) is 2. The average molecular weight is 329 g/mol. The highest BCUT2D eigenvalue weighted by molar-refractivity contribution is 5.85. The fraction of sp³-hybridized carbons (Fsp3) is 0.562. The second-order valence-electron chi connectivity index (χ2n) is 5.14. The highest BCUT2D eigenvalue weighted by Gasteiger charge is 2.29. The Balaban J connectivity index is 0.00000242. The van der Waals surface area contributed by atoms with Crippen LogP contribution in [-0.4, -0.2) is 37.8 Å². The lowest BCUT2D eigenvalue weighted by Gasteiger charge is -2.13. The zero-order chi connectivity index (χ0) is 15.1. The zero-order valence-electron chi connectivity index (χ0n) is 12.9. The first-order valence-electron chi connectivity index (χ1n) is 7.58. The van der Waals surface area contributed by atoms with Crippen molar-refractivity contribution < 1.29 is 14.3 Å². The molecule has 1 aromatic carbocycles. The summed E-state index contributed by atoms with van der Waals surface area (Å²) in [6.45, 7) is 3.66. The molecule has 22 heavy (non-hydrogen) atoms. The Morgan fingerprint density at radius 1 is 1.41 bits per heavy atom. The molecule has 1 aliphatic heterocycles. The molecular formula is C16H25ClN2O3. The van der Waals surface area contributed by atoms with Crippen LogP contribution in [0, 0.1) is 0 Å². The third-order valence-corrected chi connectivity index (χ3v) is 3.63. The highest BCUT2D eigenvalue weighted by Crippen LogP contribution is 2.20. The molecule has 2 atom stereocenters. The largest absolute Gasteiger partial charge is 0.494 e. The van der Waals surface area contributed by atoms with Crippen molar-refractivity contribution in [2.45, 2.75) is 38.4 Å². The highest BCUT2D eigenvalue weighted by atomic mass is 35.5. The molecule has 6 heteroatoms. The fourth-order valence-electron chi connectivity index (χ4n) is 2.51. The summed E-state index contributed by atoms with van der Waals surface area (Å²) in [5.74, 6) is 0.842. The number of carbonyl (C=O) groups is 1. The van der Waals surface area contributed by atoms with E-state index in [1.807, 2.05) is 31.2 Å². The van der Waals surface area contributed by atoms with Crippen LogP contribution in [0.3, 0.4) is 0 Å². The number of hydrogen-bond donors (Lipinski definition) is 2. The summed E-state index contributed by atoms with van der Waals surface area (Å²) >= 11 is 0. The molecule has 1 heterocycles. The quantitative estimate of drug-likeness (QED) is 0.798. The summed E-state index contributed by atoms with van der Waals surface area (Å²) in [5.41, 5.74) is 6.65. The number of halogens is 1. The molecular weight excluding hydrogens is 304 g/mol. The lowest BCUT2D eigenvalue weighted by Crippen LogP contribution is -2.36. The summed E-state index contributed by atoms with van der Waals surface area (Å²) in [4.78, 5) is 12.0. The smallest absolute Gasteiger partial charge is 0.249 e. The van der Waals surface area contributed by atoms with Crippen LogP contribution in [0.5, 0.6) is 5.75 Å². The lowest BCUT2D eigenvalue weighted by molar-refractivity contribution is -0.131. The summed E-state index contributed by atoms with van der Waals surface area (Å²) in [5, 5.41) is 2.93. The molecule has 1 aliphatic rings. The first-order chi connectivity index (χ1) is 10.2. The van der Waals surface area contributed by atoms with Gasteiger partial charge in [-0.3, -0.25) is 4.79 Å². The van der Waals surface area contributed by atoms with Gasteiger partial charge in [0.1, 0.15) is 11.9 Å². The van der Waals surface area contributed by atoms with Gasteiger partial charge in [-0.2, -0.15) is 0 Å². The Kier molecular flexibility index (Phi) is 8.24. The van der Waals surface area contributed by atoms with Crippen molar-refractivity contribution >= 4 is 18.3 Å². The van der Waals surface area contributed by atoms with E-state index in [1.54, 1.807) is 0 Å². The molecule has 0 aliphatic carbocycles. The fourth-order valence-corrected chi connectivity index (χ4v) is 2.51. The van der Waals surface area contributed by atoms with Crippen molar-refractivity contribution in [3.8, 4) is 5.75 Å². The molecule has 0 spiro atoms. The minimum atomic E-state index is -0.347. The van der Waals surface area contributed by atoms with Crippen LogP contribution in [0.4, 0.5) is 0 Å². The average Bonchev–Trinajstić information content (AvgIpc) is 2.98. The van der Waals surface area contributed by atoms with Crippen LogP contribution in [0.25, 0.3) is 0 Å². The van der Waals surface area contributed by atoms with E-state index in [4.69, 9.17) is 15.2 Å². The van der Waals surface area contributed by atoms with Crippen molar-refractivity contribution in [1.29, 1.82) is 0 Å². The third-order valence-electron chi connectivity index (χ3n) is 3.63. The number of para-hydroxylation sites is 1. The van der Waals surface area contributed by atoms with Gasteiger partial charge in [0.2, 0.25) is 5.91 Å². The topological polar surface area (TPSA) is 73.6 Å². The van der Waals surface area contributed by atoms with Gasteiger partial charge in [0.05, 0.1) is 12.7 Å². The van der Waals surface area contributed by atoms with Gasteiger partial charge in [-0.05, 0) is 37.8 Å². The van der Waals surface area contributed by atoms with E-state index in [1.165, 1.54) is 0 Å². The summed E-state index contributed by atoms with van der Waals surface area (Å²) in [6.07, 6.45) is 2.04. The molecule has 5 nitrogen and oxygen atoms in total. The molecule has 0 unspecified atom stereocenters. The van der Waals surface area contributed by atoms with Crippen molar-refractivity contribution in [2.24, 2.45) is 5.73 Å². The standard InChI is InChI=1S/C16H24N2O3.ClH/c1-2-20-14-6-4-3-5-12(14)9-10-18-16(19)15-8-7-13(11-17)21-15;/h3-6,13,15H,2,7-11,17H2,1H3,(H,18,19);1H/t13-,15+;/m1./s1. The van der Waals surface area contributed by atoms with Gasteiger partial charge in [-0.15, -0.1) is 12.4 Å². The molecule has 3 N–H and O–H groups in total. The number of benzene rings is 1. The number of nitrogens with two attached hydrogens (primary N) is 1. The summed E-state index contributed by atoms with van der Waals surface area (Å²) in [7, 11) is 0. The number of rotatable bonds is 7. The Hall–Kier alpha value is -1.30. The summed E-state index contributed by atoms with van der Waals surface area (Å²) < 4.78 is 11.1. The first-order valence-corrected chi connectivity index (χ1v) is 7.58.